The van der Waals surface area contributed by atoms with Crippen LogP contribution in [0.25, 0.3) is 28.3 Å². The maximum Gasteiger partial charge on any atom is 0.435 e. The number of benzene rings is 2. The molecular weight excluding hydrogens is 431 g/mol. The summed E-state index contributed by atoms with van der Waals surface area (Å²) in [6.45, 7) is 1.83. The molecule has 0 radical (unpaired) electrons. The Hall–Kier alpha value is -3.37. The van der Waals surface area contributed by atoms with Gasteiger partial charge in [0.25, 0.3) is 0 Å². The molecule has 2 heterocycles. The van der Waals surface area contributed by atoms with Gasteiger partial charge in [0.2, 0.25) is 10.0 Å². The van der Waals surface area contributed by atoms with Crippen molar-refractivity contribution in [2.24, 2.45) is 5.14 Å². The van der Waals surface area contributed by atoms with Gasteiger partial charge in [-0.05, 0) is 61.0 Å². The van der Waals surface area contributed by atoms with Crippen LogP contribution in [0.5, 0.6) is 0 Å². The van der Waals surface area contributed by atoms with Crippen molar-refractivity contribution in [2.75, 3.05) is 0 Å². The number of rotatable bonds is 4. The molecule has 0 spiro atoms. The highest BCUT2D eigenvalue weighted by molar-refractivity contribution is 7.89. The van der Waals surface area contributed by atoms with Gasteiger partial charge in [-0.3, -0.25) is 0 Å². The first-order valence-electron chi connectivity index (χ1n) is 8.99. The second kappa shape index (κ2) is 7.40. The highest BCUT2D eigenvalue weighted by Gasteiger charge is 2.35. The second-order valence-electron chi connectivity index (χ2n) is 6.87. The molecular formula is C21H16F3N3O3S. The van der Waals surface area contributed by atoms with Gasteiger partial charge in [0.1, 0.15) is 5.76 Å². The van der Waals surface area contributed by atoms with E-state index < -0.39 is 21.9 Å². The molecule has 4 rings (SSSR count). The summed E-state index contributed by atoms with van der Waals surface area (Å²) in [6.07, 6.45) is -3.11. The fourth-order valence-electron chi connectivity index (χ4n) is 3.23. The molecule has 0 saturated heterocycles. The minimum Gasteiger partial charge on any atom is -0.464 e. The Labute approximate surface area is 175 Å². The van der Waals surface area contributed by atoms with Gasteiger partial charge in [-0.1, -0.05) is 12.1 Å². The molecule has 0 saturated carbocycles. The summed E-state index contributed by atoms with van der Waals surface area (Å²) in [7, 11) is -3.93. The lowest BCUT2D eigenvalue weighted by Crippen LogP contribution is -2.12. The number of sulfonamides is 1. The molecule has 0 aliphatic rings. The van der Waals surface area contributed by atoms with E-state index in [1.807, 2.05) is 6.92 Å². The summed E-state index contributed by atoms with van der Waals surface area (Å²) in [5.74, 6) is 0.645. The number of aromatic nitrogens is 2. The first-order chi connectivity index (χ1) is 14.5. The molecule has 0 atom stereocenters. The van der Waals surface area contributed by atoms with Crippen molar-refractivity contribution in [3.8, 4) is 28.3 Å². The minimum absolute atomic E-state index is 0.153. The van der Waals surface area contributed by atoms with Crippen LogP contribution >= 0.6 is 0 Å². The Morgan fingerprint density at radius 2 is 1.74 bits per heavy atom. The van der Waals surface area contributed by atoms with Gasteiger partial charge in [-0.15, -0.1) is 0 Å². The molecule has 0 amide bonds. The summed E-state index contributed by atoms with van der Waals surface area (Å²) in [6, 6.07) is 14.8. The smallest absolute Gasteiger partial charge is 0.435 e. The number of hydrogen-bond donors (Lipinski definition) is 1. The van der Waals surface area contributed by atoms with E-state index in [-0.39, 0.29) is 16.3 Å². The lowest BCUT2D eigenvalue weighted by molar-refractivity contribution is -0.141. The molecule has 6 nitrogen and oxygen atoms in total. The highest BCUT2D eigenvalue weighted by atomic mass is 32.2. The third kappa shape index (κ3) is 4.12. The van der Waals surface area contributed by atoms with Crippen LogP contribution < -0.4 is 5.14 Å². The van der Waals surface area contributed by atoms with E-state index in [0.717, 1.165) is 21.9 Å². The van der Waals surface area contributed by atoms with E-state index in [1.54, 1.807) is 36.6 Å². The monoisotopic (exact) mass is 447 g/mol. The van der Waals surface area contributed by atoms with Gasteiger partial charge in [-0.25, -0.2) is 18.2 Å². The minimum atomic E-state index is -4.65. The summed E-state index contributed by atoms with van der Waals surface area (Å²) in [5.41, 5.74) is 1.51. The van der Waals surface area contributed by atoms with Crippen molar-refractivity contribution in [3.05, 3.63) is 78.2 Å². The van der Waals surface area contributed by atoms with Gasteiger partial charge in [-0.2, -0.15) is 18.3 Å². The highest BCUT2D eigenvalue weighted by Crippen LogP contribution is 2.35. The molecule has 4 aromatic rings. The number of primary sulfonamides is 1. The molecule has 2 N–H and O–H groups in total. The van der Waals surface area contributed by atoms with E-state index in [9.17, 15) is 21.6 Å². The standard InChI is InChI=1S/C21H16F3N3O3S/c1-13-11-14(4-9-17(13)19-3-2-10-30-19)18-12-20(21(22,23)24)26-27(18)15-5-7-16(8-6-15)31(25,28)29/h2-12H,1H3,(H2,25,28,29). The molecule has 0 aliphatic carbocycles. The number of furan rings is 1. The lowest BCUT2D eigenvalue weighted by Gasteiger charge is -2.10. The van der Waals surface area contributed by atoms with Crippen molar-refractivity contribution in [1.29, 1.82) is 0 Å². The van der Waals surface area contributed by atoms with Gasteiger partial charge in [0.05, 0.1) is 22.5 Å². The van der Waals surface area contributed by atoms with Crippen LogP contribution in [0.3, 0.4) is 0 Å². The van der Waals surface area contributed by atoms with Crippen LogP contribution in [-0.4, -0.2) is 18.2 Å². The van der Waals surface area contributed by atoms with Crippen LogP contribution in [0.2, 0.25) is 0 Å². The van der Waals surface area contributed by atoms with Crippen LogP contribution in [0.15, 0.2) is 76.2 Å². The maximum absolute atomic E-state index is 13.4. The average molecular weight is 447 g/mol. The molecule has 2 aromatic heterocycles. The zero-order valence-corrected chi connectivity index (χ0v) is 16.9. The van der Waals surface area contributed by atoms with Gasteiger partial charge < -0.3 is 4.42 Å². The van der Waals surface area contributed by atoms with Crippen LogP contribution in [-0.2, 0) is 16.2 Å². The quantitative estimate of drug-likeness (QED) is 0.488. The van der Waals surface area contributed by atoms with Crippen LogP contribution in [0.4, 0.5) is 13.2 Å². The number of nitrogens with two attached hydrogens (primary N) is 1. The summed E-state index contributed by atoms with van der Waals surface area (Å²) >= 11 is 0. The van der Waals surface area contributed by atoms with E-state index >= 15 is 0 Å². The topological polar surface area (TPSA) is 91.1 Å². The lowest BCUT2D eigenvalue weighted by atomic mass is 10.0. The van der Waals surface area contributed by atoms with E-state index in [4.69, 9.17) is 9.56 Å². The number of aryl methyl sites for hydroxylation is 1. The van der Waals surface area contributed by atoms with Crippen molar-refractivity contribution < 1.29 is 26.0 Å². The normalized spacial score (nSPS) is 12.3. The van der Waals surface area contributed by atoms with Crippen LogP contribution in [0, 0.1) is 6.92 Å². The summed E-state index contributed by atoms with van der Waals surface area (Å²) in [5, 5.41) is 8.81. The largest absolute Gasteiger partial charge is 0.464 e. The third-order valence-electron chi connectivity index (χ3n) is 4.72. The fourth-order valence-corrected chi connectivity index (χ4v) is 3.75. The number of hydrogen-bond acceptors (Lipinski definition) is 4. The molecule has 0 aliphatic heterocycles. The second-order valence-corrected chi connectivity index (χ2v) is 8.43. The zero-order valence-electron chi connectivity index (χ0n) is 16.1. The predicted octanol–water partition coefficient (Wildman–Crippen LogP) is 4.77. The van der Waals surface area contributed by atoms with Crippen molar-refractivity contribution in [2.45, 2.75) is 18.0 Å². The number of nitrogens with zero attached hydrogens (tertiary/aromatic N) is 2. The number of halogens is 3. The Morgan fingerprint density at radius 1 is 1.03 bits per heavy atom. The molecule has 31 heavy (non-hydrogen) atoms. The van der Waals surface area contributed by atoms with E-state index in [0.29, 0.717) is 11.3 Å². The predicted molar refractivity (Wildman–Crippen MR) is 108 cm³/mol. The van der Waals surface area contributed by atoms with Crippen molar-refractivity contribution >= 4 is 10.0 Å². The van der Waals surface area contributed by atoms with Crippen molar-refractivity contribution in [3.63, 3.8) is 0 Å². The van der Waals surface area contributed by atoms with Crippen LogP contribution in [0.1, 0.15) is 11.3 Å². The Morgan fingerprint density at radius 3 is 2.29 bits per heavy atom. The molecule has 10 heteroatoms. The van der Waals surface area contributed by atoms with Crippen molar-refractivity contribution in [1.82, 2.24) is 9.78 Å². The molecule has 2 aromatic carbocycles. The van der Waals surface area contributed by atoms with Gasteiger partial charge >= 0.3 is 6.18 Å². The summed E-state index contributed by atoms with van der Waals surface area (Å²) < 4.78 is 69.6. The van der Waals surface area contributed by atoms with E-state index in [2.05, 4.69) is 5.10 Å². The Balaban J connectivity index is 1.84. The first kappa shape index (κ1) is 20.9. The third-order valence-corrected chi connectivity index (χ3v) is 5.65. The molecule has 0 unspecified atom stereocenters. The molecule has 0 fully saturated rings. The zero-order chi connectivity index (χ0) is 22.4. The van der Waals surface area contributed by atoms with E-state index in [1.165, 1.54) is 24.3 Å². The Bertz CT molecular complexity index is 1340. The average Bonchev–Trinajstić information content (AvgIpc) is 3.37. The first-order valence-corrected chi connectivity index (χ1v) is 10.5. The molecule has 160 valence electrons. The maximum atomic E-state index is 13.4. The fraction of sp³-hybridized carbons (Fsp3) is 0.0952. The van der Waals surface area contributed by atoms with Gasteiger partial charge in [0, 0.05) is 11.1 Å². The Kier molecular flexibility index (Phi) is 4.98. The number of alkyl halides is 3. The van der Waals surface area contributed by atoms with Gasteiger partial charge in [0.15, 0.2) is 5.69 Å². The summed E-state index contributed by atoms with van der Waals surface area (Å²) in [4.78, 5) is -0.153. The molecule has 0 bridgehead atoms. The SMILES string of the molecule is Cc1cc(-c2cc(C(F)(F)F)nn2-c2ccc(S(N)(=O)=O)cc2)ccc1-c1ccco1.